The van der Waals surface area contributed by atoms with Crippen molar-refractivity contribution in [1.29, 1.82) is 0 Å². The predicted molar refractivity (Wildman–Crippen MR) is 55.7 cm³/mol. The van der Waals surface area contributed by atoms with Crippen LogP contribution in [0.1, 0.15) is 25.7 Å². The first-order valence-corrected chi connectivity index (χ1v) is 5.43. The minimum atomic E-state index is -0.189. The van der Waals surface area contributed by atoms with Crippen LogP contribution in [0.25, 0.3) is 0 Å². The minimum Gasteiger partial charge on any atom is -0.338 e. The van der Waals surface area contributed by atoms with Gasteiger partial charge in [0.2, 0.25) is 5.91 Å². The summed E-state index contributed by atoms with van der Waals surface area (Å²) in [5.41, 5.74) is 5.52. The Morgan fingerprint density at radius 3 is 2.64 bits per heavy atom. The Balaban J connectivity index is 2.02. The molecule has 0 atom stereocenters. The molecule has 0 aromatic rings. The number of nitrogens with zero attached hydrogens (tertiary/aromatic N) is 1. The zero-order valence-electron chi connectivity index (χ0n) is 8.54. The van der Waals surface area contributed by atoms with Crippen LogP contribution in [0.3, 0.4) is 0 Å². The van der Waals surface area contributed by atoms with Gasteiger partial charge >= 0.3 is 0 Å². The summed E-state index contributed by atoms with van der Waals surface area (Å²) in [5, 5.41) is 0. The van der Waals surface area contributed by atoms with Crippen LogP contribution in [0.5, 0.6) is 0 Å². The normalized spacial score (nSPS) is 24.5. The lowest BCUT2D eigenvalue weighted by Crippen LogP contribution is -2.52. The summed E-state index contributed by atoms with van der Waals surface area (Å²) in [6.45, 7) is 2.17. The highest BCUT2D eigenvalue weighted by Gasteiger charge is 2.44. The number of hydrogen-bond acceptors (Lipinski definition) is 2. The highest BCUT2D eigenvalue weighted by Crippen LogP contribution is 2.41. The van der Waals surface area contributed by atoms with Crippen molar-refractivity contribution in [3.8, 4) is 0 Å². The molecule has 0 bridgehead atoms. The van der Waals surface area contributed by atoms with Crippen LogP contribution in [0, 0.1) is 5.41 Å². The largest absolute Gasteiger partial charge is 0.338 e. The zero-order valence-corrected chi connectivity index (χ0v) is 8.54. The summed E-state index contributed by atoms with van der Waals surface area (Å²) < 4.78 is 0. The molecule has 2 aliphatic rings. The van der Waals surface area contributed by atoms with Crippen molar-refractivity contribution in [1.82, 2.24) is 4.90 Å². The van der Waals surface area contributed by atoms with Crippen molar-refractivity contribution in [2.24, 2.45) is 11.1 Å². The van der Waals surface area contributed by atoms with Gasteiger partial charge in [-0.2, -0.15) is 0 Å². The molecule has 1 aliphatic carbocycles. The molecule has 1 amide bonds. The number of nitrogens with two attached hydrogens (primary N) is 1. The number of rotatable bonds is 2. The lowest BCUT2D eigenvalue weighted by Gasteiger charge is -2.43. The second-order valence-corrected chi connectivity index (χ2v) is 4.35. The van der Waals surface area contributed by atoms with E-state index < -0.39 is 0 Å². The first-order chi connectivity index (χ1) is 6.78. The third kappa shape index (κ3) is 1.46. The van der Waals surface area contributed by atoms with Crippen molar-refractivity contribution in [3.63, 3.8) is 0 Å². The molecule has 1 aliphatic heterocycles. The van der Waals surface area contributed by atoms with E-state index >= 15 is 0 Å². The second kappa shape index (κ2) is 3.73. The van der Waals surface area contributed by atoms with Crippen LogP contribution in [0.2, 0.25) is 0 Å². The van der Waals surface area contributed by atoms with Crippen LogP contribution in [-0.2, 0) is 4.79 Å². The molecule has 2 rings (SSSR count). The average Bonchev–Trinajstić information content (AvgIpc) is 2.18. The SMILES string of the molecule is NCC1(C(=O)N2CC=CCC2)CCC1. The summed E-state index contributed by atoms with van der Waals surface area (Å²) in [6.07, 6.45) is 8.34. The maximum Gasteiger partial charge on any atom is 0.230 e. The molecule has 0 saturated heterocycles. The lowest BCUT2D eigenvalue weighted by molar-refractivity contribution is -0.146. The molecule has 0 aromatic heterocycles. The van der Waals surface area contributed by atoms with E-state index in [2.05, 4.69) is 12.2 Å². The smallest absolute Gasteiger partial charge is 0.230 e. The van der Waals surface area contributed by atoms with E-state index in [0.717, 1.165) is 38.8 Å². The molecular formula is C11H18N2O. The van der Waals surface area contributed by atoms with E-state index in [4.69, 9.17) is 5.73 Å². The van der Waals surface area contributed by atoms with Crippen molar-refractivity contribution >= 4 is 5.91 Å². The van der Waals surface area contributed by atoms with Gasteiger partial charge in [0.05, 0.1) is 5.41 Å². The Morgan fingerprint density at radius 2 is 2.21 bits per heavy atom. The maximum atomic E-state index is 12.1. The fourth-order valence-corrected chi connectivity index (χ4v) is 2.27. The molecule has 2 N–H and O–H groups in total. The Kier molecular flexibility index (Phi) is 2.59. The van der Waals surface area contributed by atoms with Crippen LogP contribution in [0.4, 0.5) is 0 Å². The Labute approximate surface area is 84.9 Å². The monoisotopic (exact) mass is 194 g/mol. The number of amides is 1. The van der Waals surface area contributed by atoms with Crippen molar-refractivity contribution in [3.05, 3.63) is 12.2 Å². The van der Waals surface area contributed by atoms with E-state index in [-0.39, 0.29) is 11.3 Å². The van der Waals surface area contributed by atoms with E-state index in [9.17, 15) is 4.79 Å². The van der Waals surface area contributed by atoms with Crippen molar-refractivity contribution in [2.45, 2.75) is 25.7 Å². The molecule has 14 heavy (non-hydrogen) atoms. The van der Waals surface area contributed by atoms with Gasteiger partial charge in [-0.1, -0.05) is 18.6 Å². The van der Waals surface area contributed by atoms with E-state index in [0.29, 0.717) is 6.54 Å². The van der Waals surface area contributed by atoms with Gasteiger partial charge in [0, 0.05) is 19.6 Å². The number of carbonyl (C=O) groups excluding carboxylic acids is 1. The van der Waals surface area contributed by atoms with Gasteiger partial charge in [-0.15, -0.1) is 0 Å². The quantitative estimate of drug-likeness (QED) is 0.664. The molecule has 78 valence electrons. The first-order valence-electron chi connectivity index (χ1n) is 5.43. The maximum absolute atomic E-state index is 12.1. The third-order valence-electron chi connectivity index (χ3n) is 3.50. The molecule has 0 unspecified atom stereocenters. The van der Waals surface area contributed by atoms with Crippen molar-refractivity contribution in [2.75, 3.05) is 19.6 Å². The Morgan fingerprint density at radius 1 is 1.43 bits per heavy atom. The highest BCUT2D eigenvalue weighted by atomic mass is 16.2. The van der Waals surface area contributed by atoms with Gasteiger partial charge in [-0.3, -0.25) is 4.79 Å². The molecule has 1 heterocycles. The van der Waals surface area contributed by atoms with E-state index in [1.54, 1.807) is 0 Å². The summed E-state index contributed by atoms with van der Waals surface area (Å²) in [7, 11) is 0. The fraction of sp³-hybridized carbons (Fsp3) is 0.727. The summed E-state index contributed by atoms with van der Waals surface area (Å²) in [6, 6.07) is 0. The van der Waals surface area contributed by atoms with Gasteiger partial charge in [-0.25, -0.2) is 0 Å². The van der Waals surface area contributed by atoms with Gasteiger partial charge < -0.3 is 10.6 Å². The second-order valence-electron chi connectivity index (χ2n) is 4.35. The van der Waals surface area contributed by atoms with Gasteiger partial charge in [0.15, 0.2) is 0 Å². The number of carbonyl (C=O) groups is 1. The molecule has 0 radical (unpaired) electrons. The molecule has 1 saturated carbocycles. The minimum absolute atomic E-state index is 0.189. The summed E-state index contributed by atoms with van der Waals surface area (Å²) >= 11 is 0. The molecular weight excluding hydrogens is 176 g/mol. The van der Waals surface area contributed by atoms with Crippen LogP contribution in [0.15, 0.2) is 12.2 Å². The summed E-state index contributed by atoms with van der Waals surface area (Å²) in [4.78, 5) is 14.1. The van der Waals surface area contributed by atoms with Gasteiger partial charge in [-0.05, 0) is 19.3 Å². The van der Waals surface area contributed by atoms with Gasteiger partial charge in [0.25, 0.3) is 0 Å². The van der Waals surface area contributed by atoms with E-state index in [1.807, 2.05) is 4.90 Å². The molecule has 3 nitrogen and oxygen atoms in total. The van der Waals surface area contributed by atoms with Crippen LogP contribution < -0.4 is 5.73 Å². The standard InChI is InChI=1S/C11H18N2O/c12-9-11(5-4-6-11)10(14)13-7-2-1-3-8-13/h1-2H,3-9,12H2. The molecule has 3 heteroatoms. The Bertz CT molecular complexity index is 251. The van der Waals surface area contributed by atoms with Crippen LogP contribution >= 0.6 is 0 Å². The average molecular weight is 194 g/mol. The molecule has 1 fully saturated rings. The lowest BCUT2D eigenvalue weighted by atomic mass is 9.67. The molecule has 0 aromatic carbocycles. The Hall–Kier alpha value is -0.830. The van der Waals surface area contributed by atoms with Crippen molar-refractivity contribution < 1.29 is 4.79 Å². The topological polar surface area (TPSA) is 46.3 Å². The number of hydrogen-bond donors (Lipinski definition) is 1. The zero-order chi connectivity index (χ0) is 10.0. The predicted octanol–water partition coefficient (Wildman–Crippen LogP) is 0.904. The molecule has 0 spiro atoms. The highest BCUT2D eigenvalue weighted by molar-refractivity contribution is 5.84. The van der Waals surface area contributed by atoms with Gasteiger partial charge in [0.1, 0.15) is 0 Å². The first kappa shape index (κ1) is 9.71. The van der Waals surface area contributed by atoms with E-state index in [1.165, 1.54) is 0 Å². The summed E-state index contributed by atoms with van der Waals surface area (Å²) in [5.74, 6) is 0.288. The third-order valence-corrected chi connectivity index (χ3v) is 3.50. The van der Waals surface area contributed by atoms with Crippen LogP contribution in [-0.4, -0.2) is 30.4 Å². The fourth-order valence-electron chi connectivity index (χ4n) is 2.27.